The van der Waals surface area contributed by atoms with Crippen molar-refractivity contribution in [2.24, 2.45) is 0 Å². The minimum Gasteiger partial charge on any atom is -0.379 e. The van der Waals surface area contributed by atoms with Crippen LogP contribution in [0, 0.1) is 0 Å². The van der Waals surface area contributed by atoms with Crippen molar-refractivity contribution in [3.05, 3.63) is 0 Å². The van der Waals surface area contributed by atoms with Crippen LogP contribution in [0.3, 0.4) is 0 Å². The van der Waals surface area contributed by atoms with E-state index in [1.54, 1.807) is 7.11 Å². The molecule has 0 aromatic rings. The quantitative estimate of drug-likeness (QED) is 0.649. The Morgan fingerprint density at radius 3 is 1.91 bits per heavy atom. The van der Waals surface area contributed by atoms with Gasteiger partial charge in [-0.3, -0.25) is 0 Å². The molecule has 0 aromatic heterocycles. The number of methoxy groups -OCH3 is 1. The van der Waals surface area contributed by atoms with Crippen molar-refractivity contribution >= 4 is 0 Å². The molecule has 0 saturated heterocycles. The number of hydrogen-bond acceptors (Lipinski definition) is 1. The molecule has 0 bridgehead atoms. The molecule has 0 aliphatic heterocycles. The van der Waals surface area contributed by atoms with Gasteiger partial charge in [0.25, 0.3) is 0 Å². The SMILES string of the molecule is CC[N+](C)(CC)CCOC.[Y]. The number of hydrogen-bond donors (Lipinski definition) is 0. The molecule has 0 spiro atoms. The van der Waals surface area contributed by atoms with Crippen molar-refractivity contribution in [3.63, 3.8) is 0 Å². The van der Waals surface area contributed by atoms with Gasteiger partial charge in [0, 0.05) is 39.8 Å². The number of quaternary nitrogens is 1. The molecule has 0 aliphatic carbocycles. The minimum absolute atomic E-state index is 0. The predicted octanol–water partition coefficient (Wildman–Crippen LogP) is 1.12. The Morgan fingerprint density at radius 2 is 1.64 bits per heavy atom. The summed E-state index contributed by atoms with van der Waals surface area (Å²) in [7, 11) is 4.02. The Bertz CT molecular complexity index is 84.2. The second-order valence-corrected chi connectivity index (χ2v) is 2.97. The van der Waals surface area contributed by atoms with Crippen LogP contribution >= 0.6 is 0 Å². The molecule has 0 fully saturated rings. The third kappa shape index (κ3) is 6.21. The van der Waals surface area contributed by atoms with Gasteiger partial charge in [0.05, 0.1) is 26.7 Å². The summed E-state index contributed by atoms with van der Waals surface area (Å²) in [4.78, 5) is 0. The minimum atomic E-state index is 0. The van der Waals surface area contributed by atoms with E-state index in [9.17, 15) is 0 Å². The van der Waals surface area contributed by atoms with E-state index < -0.39 is 0 Å². The number of ether oxygens (including phenoxy) is 1. The molecule has 0 rings (SSSR count). The van der Waals surface area contributed by atoms with Crippen LogP contribution in [0.25, 0.3) is 0 Å². The van der Waals surface area contributed by atoms with E-state index in [1.807, 2.05) is 0 Å². The Kier molecular flexibility index (Phi) is 10.1. The third-order valence-electron chi connectivity index (χ3n) is 2.36. The third-order valence-corrected chi connectivity index (χ3v) is 2.36. The van der Waals surface area contributed by atoms with E-state index in [0.717, 1.165) is 17.6 Å². The predicted molar refractivity (Wildman–Crippen MR) is 44.0 cm³/mol. The molecule has 0 aromatic carbocycles. The van der Waals surface area contributed by atoms with Gasteiger partial charge in [-0.05, 0) is 13.8 Å². The summed E-state index contributed by atoms with van der Waals surface area (Å²) in [5.41, 5.74) is 0. The zero-order valence-corrected chi connectivity index (χ0v) is 11.1. The second kappa shape index (κ2) is 7.66. The van der Waals surface area contributed by atoms with Gasteiger partial charge >= 0.3 is 0 Å². The van der Waals surface area contributed by atoms with Gasteiger partial charge in [0.15, 0.2) is 0 Å². The van der Waals surface area contributed by atoms with Crippen LogP contribution in [0.5, 0.6) is 0 Å². The van der Waals surface area contributed by atoms with E-state index >= 15 is 0 Å². The van der Waals surface area contributed by atoms with Gasteiger partial charge < -0.3 is 9.22 Å². The van der Waals surface area contributed by atoms with Crippen LogP contribution in [-0.4, -0.2) is 44.9 Å². The number of likely N-dealkylation sites (N-methyl/N-ethyl adjacent to an activating group) is 1. The van der Waals surface area contributed by atoms with Crippen LogP contribution in [0.15, 0.2) is 0 Å². The smallest absolute Gasteiger partial charge is 0.102 e. The molecule has 0 unspecified atom stereocenters. The first kappa shape index (κ1) is 14.5. The van der Waals surface area contributed by atoms with Crippen LogP contribution < -0.4 is 0 Å². The summed E-state index contributed by atoms with van der Waals surface area (Å²) in [6, 6.07) is 0. The van der Waals surface area contributed by atoms with Gasteiger partial charge in [0.1, 0.15) is 6.54 Å². The van der Waals surface area contributed by atoms with Crippen LogP contribution in [0.1, 0.15) is 13.8 Å². The fraction of sp³-hybridized carbons (Fsp3) is 1.00. The first-order valence-electron chi connectivity index (χ1n) is 4.01. The van der Waals surface area contributed by atoms with Crippen molar-refractivity contribution in [2.75, 3.05) is 40.4 Å². The molecule has 0 atom stereocenters. The second-order valence-electron chi connectivity index (χ2n) is 2.97. The Morgan fingerprint density at radius 1 is 1.18 bits per heavy atom. The van der Waals surface area contributed by atoms with Gasteiger partial charge in [-0.15, -0.1) is 0 Å². The normalized spacial score (nSPS) is 10.9. The van der Waals surface area contributed by atoms with Gasteiger partial charge in [0.2, 0.25) is 0 Å². The van der Waals surface area contributed by atoms with E-state index in [1.165, 1.54) is 13.1 Å². The van der Waals surface area contributed by atoms with Gasteiger partial charge in [-0.1, -0.05) is 0 Å². The van der Waals surface area contributed by atoms with Crippen molar-refractivity contribution in [3.8, 4) is 0 Å². The molecule has 0 amide bonds. The Hall–Kier alpha value is 1.02. The maximum atomic E-state index is 5.03. The monoisotopic (exact) mass is 235 g/mol. The summed E-state index contributed by atoms with van der Waals surface area (Å²) in [6.07, 6.45) is 0. The maximum Gasteiger partial charge on any atom is 0.102 e. The molecule has 0 heterocycles. The fourth-order valence-corrected chi connectivity index (χ4v) is 0.852. The number of nitrogens with zero attached hydrogens (tertiary/aromatic N) is 1. The average molecular weight is 235 g/mol. The molecule has 2 nitrogen and oxygen atoms in total. The first-order chi connectivity index (χ1) is 4.68. The van der Waals surface area contributed by atoms with Gasteiger partial charge in [-0.2, -0.15) is 0 Å². The largest absolute Gasteiger partial charge is 0.379 e. The van der Waals surface area contributed by atoms with Crippen molar-refractivity contribution in [1.82, 2.24) is 0 Å². The standard InChI is InChI=1S/C8H20NO.Y/c1-5-9(3,6-2)7-8-10-4;/h5-8H2,1-4H3;/q+1;. The summed E-state index contributed by atoms with van der Waals surface area (Å²) >= 11 is 0. The Balaban J connectivity index is 0. The average Bonchev–Trinajstić information content (AvgIpc) is 2.00. The molecule has 11 heavy (non-hydrogen) atoms. The number of rotatable bonds is 5. The molecule has 0 aliphatic rings. The zero-order chi connectivity index (χ0) is 8.04. The maximum absolute atomic E-state index is 5.03. The summed E-state index contributed by atoms with van der Waals surface area (Å²) in [5, 5.41) is 0. The summed E-state index contributed by atoms with van der Waals surface area (Å²) < 4.78 is 6.14. The molecule has 0 N–H and O–H groups in total. The summed E-state index contributed by atoms with van der Waals surface area (Å²) in [6.45, 7) is 8.83. The molecule has 0 saturated carbocycles. The fourth-order valence-electron chi connectivity index (χ4n) is 0.852. The molecular formula is C8H20NOY+. The van der Waals surface area contributed by atoms with E-state index in [-0.39, 0.29) is 32.7 Å². The van der Waals surface area contributed by atoms with E-state index in [2.05, 4.69) is 20.9 Å². The van der Waals surface area contributed by atoms with Crippen molar-refractivity contribution in [2.45, 2.75) is 13.8 Å². The molecule has 3 heteroatoms. The first-order valence-corrected chi connectivity index (χ1v) is 4.01. The van der Waals surface area contributed by atoms with Crippen LogP contribution in [0.2, 0.25) is 0 Å². The summed E-state index contributed by atoms with van der Waals surface area (Å²) in [5.74, 6) is 0. The van der Waals surface area contributed by atoms with Crippen LogP contribution in [-0.2, 0) is 37.4 Å². The molecular weight excluding hydrogens is 215 g/mol. The van der Waals surface area contributed by atoms with Gasteiger partial charge in [-0.25, -0.2) is 0 Å². The zero-order valence-electron chi connectivity index (χ0n) is 8.26. The topological polar surface area (TPSA) is 9.23 Å². The van der Waals surface area contributed by atoms with E-state index in [0.29, 0.717) is 0 Å². The van der Waals surface area contributed by atoms with Crippen molar-refractivity contribution < 1.29 is 41.9 Å². The molecule has 1 radical (unpaired) electrons. The van der Waals surface area contributed by atoms with E-state index in [4.69, 9.17) is 4.74 Å². The molecule has 65 valence electrons. The van der Waals surface area contributed by atoms with Crippen molar-refractivity contribution in [1.29, 1.82) is 0 Å². The Labute approximate surface area is 95.8 Å². The van der Waals surface area contributed by atoms with Crippen LogP contribution in [0.4, 0.5) is 0 Å².